The number of hydrogen-bond donors (Lipinski definition) is 1. The molecule has 4 nitrogen and oxygen atoms in total. The molecule has 0 aromatic rings. The van der Waals surface area contributed by atoms with E-state index in [0.29, 0.717) is 13.0 Å². The Kier molecular flexibility index (Phi) is 4.13. The molecule has 1 aliphatic rings. The smallest absolute Gasteiger partial charge is 0.329 e. The minimum absolute atomic E-state index is 0.186. The summed E-state index contributed by atoms with van der Waals surface area (Å²) in [6.07, 6.45) is 0.615. The summed E-state index contributed by atoms with van der Waals surface area (Å²) in [5, 5.41) is 3.39. The maximum absolute atomic E-state index is 12.4. The molecular weight excluding hydrogens is 230 g/mol. The molecule has 1 rings (SSSR count). The highest BCUT2D eigenvalue weighted by molar-refractivity contribution is 5.83. The van der Waals surface area contributed by atoms with Gasteiger partial charge in [-0.25, -0.2) is 4.79 Å². The maximum Gasteiger partial charge on any atom is 0.329 e. The molecule has 0 saturated carbocycles. The molecule has 0 aromatic carbocycles. The van der Waals surface area contributed by atoms with Crippen LogP contribution >= 0.6 is 0 Å². The van der Waals surface area contributed by atoms with E-state index in [1.807, 2.05) is 48.5 Å². The summed E-state index contributed by atoms with van der Waals surface area (Å²) in [6.45, 7) is 14.2. The second-order valence-corrected chi connectivity index (χ2v) is 6.47. The summed E-state index contributed by atoms with van der Waals surface area (Å²) in [5.74, 6) is -0.214. The second-order valence-electron chi connectivity index (χ2n) is 6.47. The first-order chi connectivity index (χ1) is 8.06. The Hall–Kier alpha value is -0.610. The number of carbonyl (C=O) groups excluding carboxylic acids is 1. The third-order valence-corrected chi connectivity index (χ3v) is 3.41. The number of rotatable bonds is 4. The Morgan fingerprint density at radius 2 is 1.89 bits per heavy atom. The predicted molar refractivity (Wildman–Crippen MR) is 71.5 cm³/mol. The topological polar surface area (TPSA) is 47.6 Å². The zero-order valence-electron chi connectivity index (χ0n) is 12.7. The van der Waals surface area contributed by atoms with Crippen molar-refractivity contribution in [2.24, 2.45) is 0 Å². The van der Waals surface area contributed by atoms with Gasteiger partial charge < -0.3 is 9.47 Å². The van der Waals surface area contributed by atoms with Crippen LogP contribution in [0.5, 0.6) is 0 Å². The van der Waals surface area contributed by atoms with Gasteiger partial charge in [0.05, 0.1) is 17.8 Å². The maximum atomic E-state index is 12.4. The van der Waals surface area contributed by atoms with Crippen LogP contribution in [0.15, 0.2) is 0 Å². The zero-order valence-corrected chi connectivity index (χ0v) is 12.7. The van der Waals surface area contributed by atoms with Crippen molar-refractivity contribution >= 4 is 5.97 Å². The molecule has 1 heterocycles. The summed E-state index contributed by atoms with van der Waals surface area (Å²) in [5.41, 5.74) is -1.70. The molecule has 0 radical (unpaired) electrons. The Balaban J connectivity index is 3.16. The average Bonchev–Trinajstić information content (AvgIpc) is 2.31. The summed E-state index contributed by atoms with van der Waals surface area (Å²) < 4.78 is 11.3. The fourth-order valence-corrected chi connectivity index (χ4v) is 3.01. The first kappa shape index (κ1) is 15.4. The molecule has 1 unspecified atom stereocenters. The van der Waals surface area contributed by atoms with E-state index in [-0.39, 0.29) is 17.6 Å². The SMILES string of the molecule is CCOC(=O)C1(NC(C)C)CC(C)(C)OC1(C)C. The predicted octanol–water partition coefficient (Wildman–Crippen LogP) is 2.26. The van der Waals surface area contributed by atoms with Gasteiger partial charge in [-0.2, -0.15) is 0 Å². The summed E-state index contributed by atoms with van der Waals surface area (Å²) in [4.78, 5) is 12.4. The zero-order chi connectivity index (χ0) is 14.2. The molecule has 1 atom stereocenters. The Labute approximate surface area is 110 Å². The van der Waals surface area contributed by atoms with E-state index >= 15 is 0 Å². The molecule has 1 aliphatic heterocycles. The van der Waals surface area contributed by atoms with Crippen LogP contribution in [0.1, 0.15) is 54.9 Å². The number of esters is 1. The van der Waals surface area contributed by atoms with Crippen molar-refractivity contribution in [1.29, 1.82) is 0 Å². The van der Waals surface area contributed by atoms with Crippen molar-refractivity contribution in [2.75, 3.05) is 6.61 Å². The van der Waals surface area contributed by atoms with Crippen molar-refractivity contribution in [3.05, 3.63) is 0 Å². The van der Waals surface area contributed by atoms with Crippen LogP contribution in [-0.2, 0) is 14.3 Å². The highest BCUT2D eigenvalue weighted by Gasteiger charge is 2.62. The lowest BCUT2D eigenvalue weighted by Crippen LogP contribution is -2.64. The summed E-state index contributed by atoms with van der Waals surface area (Å²) in [7, 11) is 0. The Morgan fingerprint density at radius 1 is 1.33 bits per heavy atom. The van der Waals surface area contributed by atoms with Crippen molar-refractivity contribution in [1.82, 2.24) is 5.32 Å². The lowest BCUT2D eigenvalue weighted by Gasteiger charge is -2.39. The fourth-order valence-electron chi connectivity index (χ4n) is 3.01. The fraction of sp³-hybridized carbons (Fsp3) is 0.929. The molecule has 1 fully saturated rings. The molecule has 0 aliphatic carbocycles. The molecule has 18 heavy (non-hydrogen) atoms. The van der Waals surface area contributed by atoms with E-state index in [0.717, 1.165) is 0 Å². The molecule has 1 saturated heterocycles. The molecule has 0 amide bonds. The summed E-state index contributed by atoms with van der Waals surface area (Å²) >= 11 is 0. The summed E-state index contributed by atoms with van der Waals surface area (Å²) in [6, 6.07) is 0.186. The Bertz CT molecular complexity index is 323. The van der Waals surface area contributed by atoms with Gasteiger partial charge in [-0.05, 0) is 48.5 Å². The largest absolute Gasteiger partial charge is 0.465 e. The van der Waals surface area contributed by atoms with E-state index in [1.165, 1.54) is 0 Å². The molecular formula is C14H27NO3. The van der Waals surface area contributed by atoms with Gasteiger partial charge in [-0.3, -0.25) is 5.32 Å². The van der Waals surface area contributed by atoms with Crippen LogP contribution in [0.2, 0.25) is 0 Å². The van der Waals surface area contributed by atoms with Crippen LogP contribution in [0.3, 0.4) is 0 Å². The lowest BCUT2D eigenvalue weighted by atomic mass is 9.78. The monoisotopic (exact) mass is 257 g/mol. The number of ether oxygens (including phenoxy) is 2. The molecule has 0 aromatic heterocycles. The van der Waals surface area contributed by atoms with Crippen molar-refractivity contribution in [3.63, 3.8) is 0 Å². The van der Waals surface area contributed by atoms with Crippen LogP contribution in [0.25, 0.3) is 0 Å². The van der Waals surface area contributed by atoms with Crippen molar-refractivity contribution < 1.29 is 14.3 Å². The van der Waals surface area contributed by atoms with Crippen molar-refractivity contribution in [2.45, 2.75) is 77.7 Å². The van der Waals surface area contributed by atoms with Gasteiger partial charge in [-0.1, -0.05) is 0 Å². The normalized spacial score (nSPS) is 29.6. The average molecular weight is 257 g/mol. The Morgan fingerprint density at radius 3 is 2.22 bits per heavy atom. The van der Waals surface area contributed by atoms with E-state index in [1.54, 1.807) is 0 Å². The quantitative estimate of drug-likeness (QED) is 0.785. The van der Waals surface area contributed by atoms with Gasteiger partial charge in [0, 0.05) is 12.5 Å². The minimum Gasteiger partial charge on any atom is -0.465 e. The van der Waals surface area contributed by atoms with Crippen LogP contribution < -0.4 is 5.32 Å². The van der Waals surface area contributed by atoms with Gasteiger partial charge in [-0.15, -0.1) is 0 Å². The van der Waals surface area contributed by atoms with E-state index in [4.69, 9.17) is 9.47 Å². The highest BCUT2D eigenvalue weighted by Crippen LogP contribution is 2.45. The van der Waals surface area contributed by atoms with Gasteiger partial charge in [0.25, 0.3) is 0 Å². The van der Waals surface area contributed by atoms with E-state index in [9.17, 15) is 4.79 Å². The third-order valence-electron chi connectivity index (χ3n) is 3.41. The van der Waals surface area contributed by atoms with E-state index < -0.39 is 11.1 Å². The molecule has 4 heteroatoms. The first-order valence-electron chi connectivity index (χ1n) is 6.71. The first-order valence-corrected chi connectivity index (χ1v) is 6.71. The van der Waals surface area contributed by atoms with E-state index in [2.05, 4.69) is 5.32 Å². The standard InChI is InChI=1S/C14H27NO3/c1-8-17-11(16)14(15-10(2)3)9-12(4,5)18-13(14,6)7/h10,15H,8-9H2,1-7H3. The molecule has 0 spiro atoms. The van der Waals surface area contributed by atoms with Gasteiger partial charge in [0.2, 0.25) is 0 Å². The number of nitrogens with one attached hydrogen (secondary N) is 1. The van der Waals surface area contributed by atoms with Gasteiger partial charge >= 0.3 is 5.97 Å². The number of carbonyl (C=O) groups is 1. The van der Waals surface area contributed by atoms with Crippen LogP contribution in [0.4, 0.5) is 0 Å². The molecule has 1 N–H and O–H groups in total. The molecule has 0 bridgehead atoms. The van der Waals surface area contributed by atoms with Crippen LogP contribution in [0, 0.1) is 0 Å². The van der Waals surface area contributed by atoms with Crippen molar-refractivity contribution in [3.8, 4) is 0 Å². The molecule has 106 valence electrons. The lowest BCUT2D eigenvalue weighted by molar-refractivity contribution is -0.160. The highest BCUT2D eigenvalue weighted by atomic mass is 16.6. The third kappa shape index (κ3) is 2.69. The number of hydrogen-bond acceptors (Lipinski definition) is 4. The van der Waals surface area contributed by atoms with Gasteiger partial charge in [0.15, 0.2) is 0 Å². The van der Waals surface area contributed by atoms with Gasteiger partial charge in [0.1, 0.15) is 5.54 Å². The van der Waals surface area contributed by atoms with Crippen LogP contribution in [-0.4, -0.2) is 35.4 Å². The second kappa shape index (κ2) is 4.82. The minimum atomic E-state index is -0.777.